The summed E-state index contributed by atoms with van der Waals surface area (Å²) in [5, 5.41) is 19.5. The van der Waals surface area contributed by atoms with Crippen LogP contribution < -0.4 is 16.6 Å². The van der Waals surface area contributed by atoms with Gasteiger partial charge in [-0.05, 0) is 44.5 Å². The van der Waals surface area contributed by atoms with E-state index in [-0.39, 0.29) is 25.1 Å². The van der Waals surface area contributed by atoms with Gasteiger partial charge >= 0.3 is 5.97 Å². The van der Waals surface area contributed by atoms with Crippen LogP contribution >= 0.6 is 0 Å². The summed E-state index contributed by atoms with van der Waals surface area (Å²) in [7, 11) is 0. The highest BCUT2D eigenvalue weighted by molar-refractivity contribution is 6.02. The highest BCUT2D eigenvalue weighted by Crippen LogP contribution is 2.39. The lowest BCUT2D eigenvalue weighted by Crippen LogP contribution is -2.44. The van der Waals surface area contributed by atoms with Crippen LogP contribution in [0.2, 0.25) is 0 Å². The first kappa shape index (κ1) is 25.1. The number of carbonyl (C=O) groups excluding carboxylic acids is 1. The number of unbranched alkanes of at least 4 members (excludes halogenated alkanes) is 1. The summed E-state index contributed by atoms with van der Waals surface area (Å²) in [6.45, 7) is 4.47. The summed E-state index contributed by atoms with van der Waals surface area (Å²) >= 11 is 0. The van der Waals surface area contributed by atoms with Gasteiger partial charge in [0.1, 0.15) is 13.2 Å². The first-order valence-corrected chi connectivity index (χ1v) is 12.6. The number of pyridine rings is 2. The molecule has 5 rings (SSSR count). The number of nitrogens with two attached hydrogens (primary N) is 1. The van der Waals surface area contributed by atoms with Gasteiger partial charge in [-0.3, -0.25) is 4.79 Å². The number of esters is 1. The molecule has 10 nitrogen and oxygen atoms in total. The fourth-order valence-electron chi connectivity index (χ4n) is 4.99. The van der Waals surface area contributed by atoms with Crippen LogP contribution in [0.3, 0.4) is 0 Å². The van der Waals surface area contributed by atoms with Gasteiger partial charge in [0.2, 0.25) is 0 Å². The Morgan fingerprint density at radius 2 is 2.11 bits per heavy atom. The van der Waals surface area contributed by atoms with E-state index in [4.69, 9.17) is 20.3 Å². The first-order chi connectivity index (χ1) is 18.0. The Morgan fingerprint density at radius 3 is 2.92 bits per heavy atom. The maximum atomic E-state index is 13.5. The molecule has 0 radical (unpaired) electrons. The number of nitrogens with one attached hydrogen (secondary N) is 1. The highest BCUT2D eigenvalue weighted by Gasteiger charge is 2.45. The number of ether oxygens (including phenoxy) is 1. The molecule has 0 unspecified atom stereocenters. The molecular weight excluding hydrogens is 474 g/mol. The minimum Gasteiger partial charge on any atom is -0.458 e. The number of oxime groups is 1. The van der Waals surface area contributed by atoms with Crippen LogP contribution in [0.25, 0.3) is 22.3 Å². The zero-order valence-electron chi connectivity index (χ0n) is 20.8. The number of hydrogen-bond donors (Lipinski definition) is 3. The number of rotatable bonds is 10. The second-order valence-corrected chi connectivity index (χ2v) is 9.29. The van der Waals surface area contributed by atoms with E-state index in [1.165, 1.54) is 0 Å². The first-order valence-electron chi connectivity index (χ1n) is 12.6. The largest absolute Gasteiger partial charge is 0.458 e. The van der Waals surface area contributed by atoms with Gasteiger partial charge in [-0.1, -0.05) is 30.3 Å². The molecule has 2 aliphatic heterocycles. The summed E-state index contributed by atoms with van der Waals surface area (Å²) < 4.78 is 6.78. The summed E-state index contributed by atoms with van der Waals surface area (Å²) in [6.07, 6.45) is 3.77. The normalized spacial score (nSPS) is 18.1. The van der Waals surface area contributed by atoms with Crippen LogP contribution in [-0.4, -0.2) is 53.1 Å². The van der Waals surface area contributed by atoms with Crippen LogP contribution in [0.1, 0.15) is 48.4 Å². The van der Waals surface area contributed by atoms with Gasteiger partial charge in [0, 0.05) is 28.6 Å². The van der Waals surface area contributed by atoms with Crippen molar-refractivity contribution in [3.63, 3.8) is 0 Å². The van der Waals surface area contributed by atoms with Gasteiger partial charge in [-0.25, -0.2) is 9.78 Å². The number of para-hydroxylation sites is 1. The van der Waals surface area contributed by atoms with Gasteiger partial charge in [-0.2, -0.15) is 0 Å². The van der Waals surface area contributed by atoms with Gasteiger partial charge < -0.3 is 30.3 Å². The van der Waals surface area contributed by atoms with Crippen molar-refractivity contribution in [1.82, 2.24) is 14.9 Å². The molecule has 0 spiro atoms. The van der Waals surface area contributed by atoms with Crippen molar-refractivity contribution in [2.24, 2.45) is 10.9 Å². The van der Waals surface area contributed by atoms with E-state index in [0.29, 0.717) is 42.2 Å². The molecule has 2 aromatic heterocycles. The Labute approximate surface area is 214 Å². The lowest BCUT2D eigenvalue weighted by molar-refractivity contribution is -0.172. The lowest BCUT2D eigenvalue weighted by atomic mass is 9.86. The molecule has 1 aromatic carbocycles. The molecule has 0 saturated heterocycles. The molecule has 4 heterocycles. The maximum absolute atomic E-state index is 13.5. The number of benzene rings is 1. The number of fused-ring (bicyclic) bond motifs is 5. The van der Waals surface area contributed by atoms with E-state index < -0.39 is 11.6 Å². The fourth-order valence-corrected chi connectivity index (χ4v) is 4.99. The van der Waals surface area contributed by atoms with Crippen LogP contribution in [0.5, 0.6) is 0 Å². The molecule has 194 valence electrons. The van der Waals surface area contributed by atoms with Crippen molar-refractivity contribution >= 4 is 23.1 Å². The summed E-state index contributed by atoms with van der Waals surface area (Å²) in [5.74, 6) is -0.740. The molecule has 37 heavy (non-hydrogen) atoms. The molecule has 2 aliphatic rings. The lowest BCUT2D eigenvalue weighted by Gasteiger charge is -2.31. The van der Waals surface area contributed by atoms with E-state index in [1.54, 1.807) is 23.8 Å². The Bertz CT molecular complexity index is 1430. The highest BCUT2D eigenvalue weighted by atomic mass is 16.6. The Hall–Kier alpha value is -3.60. The zero-order chi connectivity index (χ0) is 26.0. The topological polar surface area (TPSA) is 141 Å². The molecule has 1 atom stereocenters. The second-order valence-electron chi connectivity index (χ2n) is 9.29. The fraction of sp³-hybridized carbons (Fsp3) is 0.407. The second kappa shape index (κ2) is 10.4. The Balaban J connectivity index is 1.49. The molecular formula is C27H31N5O5. The van der Waals surface area contributed by atoms with Crippen LogP contribution in [0.4, 0.5) is 0 Å². The molecule has 4 N–H and O–H groups in total. The van der Waals surface area contributed by atoms with Crippen molar-refractivity contribution in [2.75, 3.05) is 26.2 Å². The van der Waals surface area contributed by atoms with Crippen molar-refractivity contribution < 1.29 is 19.5 Å². The third-order valence-electron chi connectivity index (χ3n) is 7.07. The summed E-state index contributed by atoms with van der Waals surface area (Å²) in [6, 6.07) is 9.40. The number of aromatic nitrogens is 2. The minimum absolute atomic E-state index is 0.0941. The Morgan fingerprint density at radius 1 is 1.27 bits per heavy atom. The number of nitrogens with zero attached hydrogens (tertiary/aromatic N) is 3. The van der Waals surface area contributed by atoms with Crippen molar-refractivity contribution in [3.8, 4) is 11.4 Å². The smallest absolute Gasteiger partial charge is 0.343 e. The molecule has 10 heteroatoms. The van der Waals surface area contributed by atoms with Crippen LogP contribution in [0, 0.1) is 0 Å². The summed E-state index contributed by atoms with van der Waals surface area (Å²) in [5.41, 5.74) is 7.51. The third kappa shape index (κ3) is 4.41. The quantitative estimate of drug-likeness (QED) is 0.128. The molecule has 3 aromatic rings. The van der Waals surface area contributed by atoms with Crippen molar-refractivity contribution in [2.45, 2.75) is 44.9 Å². The van der Waals surface area contributed by atoms with Crippen LogP contribution in [0.15, 0.2) is 40.3 Å². The van der Waals surface area contributed by atoms with Crippen molar-refractivity contribution in [3.05, 3.63) is 62.9 Å². The number of carbonyl (C=O) groups is 1. The maximum Gasteiger partial charge on any atom is 0.343 e. The Kier molecular flexibility index (Phi) is 7.05. The number of aliphatic hydroxyl groups is 1. The predicted molar refractivity (Wildman–Crippen MR) is 139 cm³/mol. The third-order valence-corrected chi connectivity index (χ3v) is 7.07. The average Bonchev–Trinajstić information content (AvgIpc) is 3.28. The van der Waals surface area contributed by atoms with Gasteiger partial charge in [0.05, 0.1) is 35.2 Å². The van der Waals surface area contributed by atoms with Gasteiger partial charge in [0.15, 0.2) is 5.60 Å². The molecule has 0 bridgehead atoms. The summed E-state index contributed by atoms with van der Waals surface area (Å²) in [4.78, 5) is 36.2. The van der Waals surface area contributed by atoms with E-state index >= 15 is 0 Å². The van der Waals surface area contributed by atoms with Gasteiger partial charge in [-0.15, -0.1) is 0 Å². The van der Waals surface area contributed by atoms with E-state index in [1.807, 2.05) is 24.3 Å². The van der Waals surface area contributed by atoms with E-state index in [2.05, 4.69) is 10.5 Å². The number of hydrogen-bond acceptors (Lipinski definition) is 9. The predicted octanol–water partition coefficient (Wildman–Crippen LogP) is 1.76. The molecule has 0 aliphatic carbocycles. The molecule has 0 fully saturated rings. The van der Waals surface area contributed by atoms with Crippen LogP contribution in [-0.2, 0) is 33.1 Å². The van der Waals surface area contributed by atoms with E-state index in [9.17, 15) is 14.7 Å². The van der Waals surface area contributed by atoms with Gasteiger partial charge in [0.25, 0.3) is 5.56 Å². The molecule has 0 saturated carbocycles. The SMILES string of the molecule is CC[C@@]1(O)C(=O)OCc2c1cc1n(c2=O)Cc2c-1nc1ccccc1c2/C=N\OCCNCCCCN. The van der Waals surface area contributed by atoms with Crippen molar-refractivity contribution in [1.29, 1.82) is 0 Å². The minimum atomic E-state index is -1.86. The number of cyclic esters (lactones) is 1. The zero-order valence-corrected chi connectivity index (χ0v) is 20.8. The molecule has 0 amide bonds. The average molecular weight is 506 g/mol. The van der Waals surface area contributed by atoms with E-state index in [0.717, 1.165) is 41.4 Å². The monoisotopic (exact) mass is 505 g/mol. The standard InChI is InChI=1S/C27H31N5O5/c1-2-27(35)21-13-23-24-19(15-32(23)25(33)20(21)16-36-26(27)34)18(17-7-3-4-8-22(17)31-24)14-30-37-12-11-29-10-6-5-9-28/h3-4,7-8,13-14,29,35H,2,5-6,9-12,15-16,28H2,1H3/b30-14-/t27-/m0/s1.